The molecule has 1 aromatic heterocycles. The van der Waals surface area contributed by atoms with Crippen LogP contribution < -0.4 is 15.0 Å². The molecule has 10 nitrogen and oxygen atoms in total. The highest BCUT2D eigenvalue weighted by atomic mass is 31.2. The number of fused-ring (bicyclic) bond motifs is 2. The summed E-state index contributed by atoms with van der Waals surface area (Å²) in [5.74, 6) is -1.84. The van der Waals surface area contributed by atoms with Crippen LogP contribution in [-0.2, 0) is 36.7 Å². The Bertz CT molecular complexity index is 1780. The van der Waals surface area contributed by atoms with Crippen molar-refractivity contribution >= 4 is 41.4 Å². The monoisotopic (exact) mass is 609 g/mol. The quantitative estimate of drug-likeness (QED) is 0.110. The van der Waals surface area contributed by atoms with Crippen LogP contribution in [0.15, 0.2) is 63.8 Å². The number of aryl methyl sites for hydroxylation is 2. The third-order valence-electron chi connectivity index (χ3n) is 7.68. The number of methoxy groups -OCH3 is 1. The van der Waals surface area contributed by atoms with Gasteiger partial charge < -0.3 is 23.5 Å². The second-order valence-corrected chi connectivity index (χ2v) is 13.1. The highest BCUT2D eigenvalue weighted by Crippen LogP contribution is 2.46. The van der Waals surface area contributed by atoms with Crippen molar-refractivity contribution in [1.29, 1.82) is 0 Å². The number of carbonyl (C=O) groups is 2. The fraction of sp³-hybridized carbons (Fsp3) is 0.344. The van der Waals surface area contributed by atoms with Crippen LogP contribution in [0.5, 0.6) is 5.75 Å². The summed E-state index contributed by atoms with van der Waals surface area (Å²) in [6.07, 6.45) is -0.437. The molecule has 11 heteroatoms. The second-order valence-electron chi connectivity index (χ2n) is 11.0. The van der Waals surface area contributed by atoms with Gasteiger partial charge in [-0.3, -0.25) is 18.9 Å². The zero-order valence-corrected chi connectivity index (χ0v) is 25.9. The average Bonchev–Trinajstić information content (AvgIpc) is 2.95. The van der Waals surface area contributed by atoms with Crippen molar-refractivity contribution in [1.82, 2.24) is 5.09 Å². The number of esters is 1. The maximum Gasteiger partial charge on any atom is 0.342 e. The van der Waals surface area contributed by atoms with Gasteiger partial charge in [-0.05, 0) is 67.6 Å². The second kappa shape index (κ2) is 12.7. The summed E-state index contributed by atoms with van der Waals surface area (Å²) in [6, 6.07) is 15.2. The third-order valence-corrected chi connectivity index (χ3v) is 9.59. The van der Waals surface area contributed by atoms with E-state index in [2.05, 4.69) is 5.09 Å². The molecule has 0 spiro atoms. The predicted molar refractivity (Wildman–Crippen MR) is 164 cm³/mol. The Morgan fingerprint density at radius 3 is 2.33 bits per heavy atom. The highest BCUT2D eigenvalue weighted by molar-refractivity contribution is 7.57. The summed E-state index contributed by atoms with van der Waals surface area (Å²) >= 11 is 0. The summed E-state index contributed by atoms with van der Waals surface area (Å²) in [6.45, 7) is 8.65. The first kappa shape index (κ1) is 31.9. The fourth-order valence-electron chi connectivity index (χ4n) is 4.59. The van der Waals surface area contributed by atoms with E-state index in [1.807, 2.05) is 19.9 Å². The summed E-state index contributed by atoms with van der Waals surface area (Å²) in [4.78, 5) is 37.8. The zero-order valence-electron chi connectivity index (χ0n) is 25.1. The van der Waals surface area contributed by atoms with Crippen LogP contribution in [-0.4, -0.2) is 36.0 Å². The molecule has 0 aliphatic heterocycles. The smallest absolute Gasteiger partial charge is 0.342 e. The molecule has 0 aliphatic rings. The number of hydrogen-bond donors (Lipinski definition) is 2. The molecule has 0 saturated heterocycles. The van der Waals surface area contributed by atoms with Crippen molar-refractivity contribution in [2.24, 2.45) is 5.92 Å². The van der Waals surface area contributed by atoms with Crippen molar-refractivity contribution in [2.75, 3.05) is 13.5 Å². The number of carboxylic acids is 1. The lowest BCUT2D eigenvalue weighted by atomic mass is 9.90. The van der Waals surface area contributed by atoms with E-state index in [4.69, 9.17) is 18.4 Å². The summed E-state index contributed by atoms with van der Waals surface area (Å²) in [5, 5.41) is 13.3. The SMILES string of the molecule is COCP(=O)(N[C@](C)(C(=O)O)C(C)C)Oc1ccc(COC(=O)Cc2cccc3c(=O)c4ccc(C)c(C)c4oc23)cc1. The lowest BCUT2D eigenvalue weighted by Gasteiger charge is -2.34. The van der Waals surface area contributed by atoms with Crippen molar-refractivity contribution in [3.8, 4) is 5.75 Å². The molecule has 43 heavy (non-hydrogen) atoms. The van der Waals surface area contributed by atoms with E-state index in [9.17, 15) is 24.1 Å². The van der Waals surface area contributed by atoms with E-state index in [1.165, 1.54) is 14.0 Å². The number of benzene rings is 3. The van der Waals surface area contributed by atoms with E-state index in [1.54, 1.807) is 62.4 Å². The summed E-state index contributed by atoms with van der Waals surface area (Å²) in [5.41, 5.74) is 2.25. The normalized spacial score (nSPS) is 14.4. The topological polar surface area (TPSA) is 141 Å². The summed E-state index contributed by atoms with van der Waals surface area (Å²) < 4.78 is 35.9. The van der Waals surface area contributed by atoms with Crippen LogP contribution in [0.1, 0.15) is 43.0 Å². The number of rotatable bonds is 12. The Kier molecular flexibility index (Phi) is 9.44. The number of carbonyl (C=O) groups excluding carboxylic acids is 1. The maximum absolute atomic E-state index is 13.5. The lowest BCUT2D eigenvalue weighted by Crippen LogP contribution is -2.52. The Labute approximate surface area is 249 Å². The molecule has 0 amide bonds. The van der Waals surface area contributed by atoms with Gasteiger partial charge in [0, 0.05) is 12.7 Å². The van der Waals surface area contributed by atoms with Gasteiger partial charge in [0.1, 0.15) is 35.4 Å². The molecule has 4 aromatic rings. The first-order valence-electron chi connectivity index (χ1n) is 13.8. The molecule has 2 N–H and O–H groups in total. The van der Waals surface area contributed by atoms with E-state index in [0.717, 1.165) is 11.1 Å². The molecule has 3 aromatic carbocycles. The largest absolute Gasteiger partial charge is 0.480 e. The molecule has 4 rings (SSSR count). The van der Waals surface area contributed by atoms with E-state index < -0.39 is 30.9 Å². The summed E-state index contributed by atoms with van der Waals surface area (Å²) in [7, 11) is -2.42. The standard InChI is InChI=1S/C32H36NO9P/c1-19(2)32(5,31(36)37)33-43(38,18-39-6)42-24-13-11-22(12-14-24)17-40-27(34)16-23-8-7-9-25-28(35)26-15-10-20(3)21(4)29(26)41-30(23)25/h7-15,19H,16-18H2,1-6H3,(H,33,38)(H,36,37)/t32-,43?/m0/s1. The van der Waals surface area contributed by atoms with Gasteiger partial charge in [0.05, 0.1) is 17.2 Å². The van der Waals surface area contributed by atoms with E-state index in [0.29, 0.717) is 33.1 Å². The number of carboxylic acid groups (broad SMARTS) is 1. The minimum atomic E-state index is -3.77. The predicted octanol–water partition coefficient (Wildman–Crippen LogP) is 6.11. The van der Waals surface area contributed by atoms with Gasteiger partial charge in [0.25, 0.3) is 0 Å². The van der Waals surface area contributed by atoms with E-state index in [-0.39, 0.29) is 30.6 Å². The van der Waals surface area contributed by atoms with Crippen LogP contribution in [0.25, 0.3) is 21.9 Å². The number of nitrogens with one attached hydrogen (secondary N) is 1. The molecule has 0 fully saturated rings. The minimum absolute atomic E-state index is 0.0342. The third kappa shape index (κ3) is 6.82. The van der Waals surface area contributed by atoms with Gasteiger partial charge in [-0.1, -0.05) is 44.2 Å². The lowest BCUT2D eigenvalue weighted by molar-refractivity contribution is -0.145. The minimum Gasteiger partial charge on any atom is -0.480 e. The Morgan fingerprint density at radius 1 is 1.02 bits per heavy atom. The van der Waals surface area contributed by atoms with Crippen LogP contribution in [0.3, 0.4) is 0 Å². The molecule has 1 unspecified atom stereocenters. The average molecular weight is 610 g/mol. The van der Waals surface area contributed by atoms with Crippen molar-refractivity contribution < 1.29 is 37.7 Å². The zero-order chi connectivity index (χ0) is 31.5. The molecule has 0 aliphatic carbocycles. The molecular weight excluding hydrogens is 573 g/mol. The first-order chi connectivity index (χ1) is 20.3. The number of hydrogen-bond acceptors (Lipinski definition) is 8. The molecular formula is C32H36NO9P. The van der Waals surface area contributed by atoms with Crippen LogP contribution in [0.2, 0.25) is 0 Å². The molecule has 228 valence electrons. The number of aliphatic carboxylic acids is 1. The Balaban J connectivity index is 1.45. The molecule has 2 atom stereocenters. The van der Waals surface area contributed by atoms with Crippen LogP contribution in [0.4, 0.5) is 0 Å². The van der Waals surface area contributed by atoms with Gasteiger partial charge in [-0.15, -0.1) is 0 Å². The van der Waals surface area contributed by atoms with Crippen LogP contribution >= 0.6 is 7.52 Å². The first-order valence-corrected chi connectivity index (χ1v) is 15.6. The van der Waals surface area contributed by atoms with Gasteiger partial charge in [0.2, 0.25) is 5.43 Å². The van der Waals surface area contributed by atoms with Crippen LogP contribution in [0, 0.1) is 19.8 Å². The molecule has 0 radical (unpaired) electrons. The van der Waals surface area contributed by atoms with Gasteiger partial charge in [-0.2, -0.15) is 0 Å². The van der Waals surface area contributed by atoms with Gasteiger partial charge >= 0.3 is 19.5 Å². The highest BCUT2D eigenvalue weighted by Gasteiger charge is 2.43. The number of ether oxygens (including phenoxy) is 2. The fourth-order valence-corrected chi connectivity index (χ4v) is 6.61. The molecule has 1 heterocycles. The van der Waals surface area contributed by atoms with Gasteiger partial charge in [0.15, 0.2) is 0 Å². The van der Waals surface area contributed by atoms with Crippen molar-refractivity contribution in [3.05, 3.63) is 87.1 Å². The van der Waals surface area contributed by atoms with E-state index >= 15 is 0 Å². The number of para-hydroxylation sites is 1. The molecule has 0 bridgehead atoms. The van der Waals surface area contributed by atoms with Gasteiger partial charge in [-0.25, -0.2) is 5.09 Å². The Morgan fingerprint density at radius 2 is 1.70 bits per heavy atom. The maximum atomic E-state index is 13.5. The molecule has 0 saturated carbocycles. The van der Waals surface area contributed by atoms with Crippen molar-refractivity contribution in [2.45, 2.75) is 53.2 Å². The Hall–Kier alpha value is -3.98. The van der Waals surface area contributed by atoms with Crippen molar-refractivity contribution in [3.63, 3.8) is 0 Å².